The number of fused-ring (bicyclic) bond motifs is 3. The first kappa shape index (κ1) is 10.1. The molecule has 1 N–H and O–H groups in total. The highest BCUT2D eigenvalue weighted by Gasteiger charge is 2.06. The van der Waals surface area contributed by atoms with E-state index in [1.165, 1.54) is 0 Å². The van der Waals surface area contributed by atoms with Crippen molar-refractivity contribution in [2.75, 3.05) is 0 Å². The SMILES string of the molecule is O=c1oc2cc(CO)ccc2c2ccccc12. The van der Waals surface area contributed by atoms with Crippen molar-refractivity contribution in [3.63, 3.8) is 0 Å². The van der Waals surface area contributed by atoms with Crippen LogP contribution in [-0.4, -0.2) is 5.11 Å². The summed E-state index contributed by atoms with van der Waals surface area (Å²) in [5.74, 6) is 0. The summed E-state index contributed by atoms with van der Waals surface area (Å²) in [5.41, 5.74) is 0.902. The van der Waals surface area contributed by atoms with Crippen LogP contribution in [0.1, 0.15) is 5.56 Å². The molecule has 1 aromatic heterocycles. The molecule has 0 spiro atoms. The van der Waals surface area contributed by atoms with Gasteiger partial charge in [-0.2, -0.15) is 0 Å². The lowest BCUT2D eigenvalue weighted by Gasteiger charge is -2.03. The maximum atomic E-state index is 11.8. The van der Waals surface area contributed by atoms with Gasteiger partial charge in [-0.1, -0.05) is 30.3 Å². The van der Waals surface area contributed by atoms with Gasteiger partial charge in [0, 0.05) is 5.39 Å². The molecule has 0 aliphatic rings. The van der Waals surface area contributed by atoms with E-state index in [1.54, 1.807) is 12.1 Å². The highest BCUT2D eigenvalue weighted by molar-refractivity contribution is 6.04. The van der Waals surface area contributed by atoms with Gasteiger partial charge in [0.05, 0.1) is 12.0 Å². The Labute approximate surface area is 96.9 Å². The molecule has 3 heteroatoms. The fourth-order valence-corrected chi connectivity index (χ4v) is 2.02. The van der Waals surface area contributed by atoms with Crippen LogP contribution in [0.3, 0.4) is 0 Å². The summed E-state index contributed by atoms with van der Waals surface area (Å²) in [7, 11) is 0. The van der Waals surface area contributed by atoms with Gasteiger partial charge in [-0.15, -0.1) is 0 Å². The Balaban J connectivity index is 2.53. The van der Waals surface area contributed by atoms with Crippen LogP contribution >= 0.6 is 0 Å². The van der Waals surface area contributed by atoms with Crippen LogP contribution in [0.4, 0.5) is 0 Å². The van der Waals surface area contributed by atoms with Gasteiger partial charge < -0.3 is 9.52 Å². The molecule has 0 radical (unpaired) electrons. The van der Waals surface area contributed by atoms with Crippen molar-refractivity contribution >= 4 is 21.7 Å². The average Bonchev–Trinajstić information content (AvgIpc) is 2.38. The molecule has 0 saturated carbocycles. The fraction of sp³-hybridized carbons (Fsp3) is 0.0714. The molecule has 84 valence electrons. The van der Waals surface area contributed by atoms with Gasteiger partial charge in [-0.05, 0) is 23.1 Å². The van der Waals surface area contributed by atoms with Gasteiger partial charge in [0.25, 0.3) is 0 Å². The van der Waals surface area contributed by atoms with Crippen molar-refractivity contribution in [2.24, 2.45) is 0 Å². The van der Waals surface area contributed by atoms with E-state index in [0.29, 0.717) is 11.0 Å². The van der Waals surface area contributed by atoms with Crippen molar-refractivity contribution in [1.29, 1.82) is 0 Å². The third-order valence-electron chi connectivity index (χ3n) is 2.87. The maximum absolute atomic E-state index is 11.8. The Hall–Kier alpha value is -2.13. The number of rotatable bonds is 1. The van der Waals surface area contributed by atoms with E-state index in [4.69, 9.17) is 9.52 Å². The van der Waals surface area contributed by atoms with Crippen LogP contribution < -0.4 is 5.63 Å². The summed E-state index contributed by atoms with van der Waals surface area (Å²) in [5, 5.41) is 11.4. The third kappa shape index (κ3) is 1.52. The van der Waals surface area contributed by atoms with E-state index in [1.807, 2.05) is 30.3 Å². The van der Waals surface area contributed by atoms with Gasteiger partial charge >= 0.3 is 5.63 Å². The van der Waals surface area contributed by atoms with Crippen molar-refractivity contribution in [2.45, 2.75) is 6.61 Å². The molecule has 17 heavy (non-hydrogen) atoms. The van der Waals surface area contributed by atoms with E-state index in [9.17, 15) is 4.79 Å². The average molecular weight is 226 g/mol. The number of aliphatic hydroxyl groups excluding tert-OH is 1. The lowest BCUT2D eigenvalue weighted by atomic mass is 10.1. The predicted molar refractivity (Wildman–Crippen MR) is 65.9 cm³/mol. The van der Waals surface area contributed by atoms with Crippen LogP contribution in [0.25, 0.3) is 21.7 Å². The standard InChI is InChI=1S/C14H10O3/c15-8-9-5-6-11-10-3-1-2-4-12(10)14(16)17-13(11)7-9/h1-7,15H,8H2. The molecule has 0 saturated heterocycles. The molecular weight excluding hydrogens is 216 g/mol. The highest BCUT2D eigenvalue weighted by atomic mass is 16.4. The van der Waals surface area contributed by atoms with Gasteiger partial charge in [0.2, 0.25) is 0 Å². The zero-order valence-electron chi connectivity index (χ0n) is 9.01. The summed E-state index contributed by atoms with van der Waals surface area (Å²) in [4.78, 5) is 11.8. The van der Waals surface area contributed by atoms with Gasteiger partial charge in [0.15, 0.2) is 0 Å². The molecule has 0 fully saturated rings. The maximum Gasteiger partial charge on any atom is 0.344 e. The van der Waals surface area contributed by atoms with Gasteiger partial charge in [-0.3, -0.25) is 0 Å². The Morgan fingerprint density at radius 2 is 1.76 bits per heavy atom. The number of hydrogen-bond donors (Lipinski definition) is 1. The molecule has 0 amide bonds. The van der Waals surface area contributed by atoms with Crippen LogP contribution in [0, 0.1) is 0 Å². The van der Waals surface area contributed by atoms with Crippen LogP contribution in [0.2, 0.25) is 0 Å². The van der Waals surface area contributed by atoms with Crippen LogP contribution in [0.15, 0.2) is 51.7 Å². The monoisotopic (exact) mass is 226 g/mol. The Morgan fingerprint density at radius 1 is 1.00 bits per heavy atom. The molecule has 3 nitrogen and oxygen atoms in total. The summed E-state index contributed by atoms with van der Waals surface area (Å²) < 4.78 is 5.25. The normalized spacial score (nSPS) is 11.1. The third-order valence-corrected chi connectivity index (χ3v) is 2.87. The second-order valence-electron chi connectivity index (χ2n) is 3.92. The Bertz CT molecular complexity index is 756. The van der Waals surface area contributed by atoms with E-state index in [0.717, 1.165) is 16.3 Å². The van der Waals surface area contributed by atoms with Crippen LogP contribution in [0.5, 0.6) is 0 Å². The number of hydrogen-bond acceptors (Lipinski definition) is 3. The molecular formula is C14H10O3. The molecule has 2 aromatic carbocycles. The second-order valence-corrected chi connectivity index (χ2v) is 3.92. The predicted octanol–water partition coefficient (Wildman–Crippen LogP) is 2.44. The summed E-state index contributed by atoms with van der Waals surface area (Å²) in [6.07, 6.45) is 0. The number of aliphatic hydroxyl groups is 1. The lowest BCUT2D eigenvalue weighted by molar-refractivity contribution is 0.282. The largest absolute Gasteiger partial charge is 0.422 e. The van der Waals surface area contributed by atoms with Crippen LogP contribution in [-0.2, 0) is 6.61 Å². The zero-order valence-corrected chi connectivity index (χ0v) is 9.01. The molecule has 0 bridgehead atoms. The van der Waals surface area contributed by atoms with E-state index >= 15 is 0 Å². The second kappa shape index (κ2) is 3.71. The molecule has 3 rings (SSSR count). The highest BCUT2D eigenvalue weighted by Crippen LogP contribution is 2.23. The molecule has 0 atom stereocenters. The molecule has 0 aliphatic carbocycles. The summed E-state index contributed by atoms with van der Waals surface area (Å²) in [6, 6.07) is 12.7. The van der Waals surface area contributed by atoms with Gasteiger partial charge in [-0.25, -0.2) is 4.79 Å². The van der Waals surface area contributed by atoms with Crippen molar-refractivity contribution in [1.82, 2.24) is 0 Å². The number of benzene rings is 2. The minimum absolute atomic E-state index is 0.0630. The molecule has 0 aliphatic heterocycles. The topological polar surface area (TPSA) is 50.4 Å². The molecule has 1 heterocycles. The first-order chi connectivity index (χ1) is 8.29. The van der Waals surface area contributed by atoms with Gasteiger partial charge in [0.1, 0.15) is 5.58 Å². The van der Waals surface area contributed by atoms with E-state index in [-0.39, 0.29) is 12.2 Å². The summed E-state index contributed by atoms with van der Waals surface area (Å²) >= 11 is 0. The summed E-state index contributed by atoms with van der Waals surface area (Å²) in [6.45, 7) is -0.0630. The Morgan fingerprint density at radius 3 is 2.53 bits per heavy atom. The zero-order chi connectivity index (χ0) is 11.8. The Kier molecular flexibility index (Phi) is 2.20. The molecule has 3 aromatic rings. The minimum Gasteiger partial charge on any atom is -0.422 e. The first-order valence-electron chi connectivity index (χ1n) is 5.35. The first-order valence-corrected chi connectivity index (χ1v) is 5.35. The van der Waals surface area contributed by atoms with E-state index in [2.05, 4.69) is 0 Å². The molecule has 0 unspecified atom stereocenters. The van der Waals surface area contributed by atoms with Crippen molar-refractivity contribution in [3.8, 4) is 0 Å². The van der Waals surface area contributed by atoms with E-state index < -0.39 is 0 Å². The quantitative estimate of drug-likeness (QED) is 0.512. The smallest absolute Gasteiger partial charge is 0.344 e. The lowest BCUT2D eigenvalue weighted by Crippen LogP contribution is -1.99. The van der Waals surface area contributed by atoms with Crippen molar-refractivity contribution in [3.05, 3.63) is 58.4 Å². The fourth-order valence-electron chi connectivity index (χ4n) is 2.02. The minimum atomic E-state index is -0.344. The van der Waals surface area contributed by atoms with Crippen molar-refractivity contribution < 1.29 is 9.52 Å².